The van der Waals surface area contributed by atoms with Gasteiger partial charge in [0.1, 0.15) is 0 Å². The Morgan fingerprint density at radius 1 is 1.33 bits per heavy atom. The van der Waals surface area contributed by atoms with Crippen LogP contribution < -0.4 is 5.32 Å². The van der Waals surface area contributed by atoms with Crippen LogP contribution in [-0.4, -0.2) is 22.7 Å². The average molecular weight is 262 g/mol. The van der Waals surface area contributed by atoms with Gasteiger partial charge in [-0.1, -0.05) is 30.3 Å². The number of hydrogen-bond acceptors (Lipinski definition) is 4. The molecule has 96 valence electrons. The number of thiazole rings is 1. The quantitative estimate of drug-likeness (QED) is 0.840. The molecule has 2 rings (SSSR count). The summed E-state index contributed by atoms with van der Waals surface area (Å²) in [5, 5.41) is 12.9. The summed E-state index contributed by atoms with van der Waals surface area (Å²) in [6.45, 7) is 2.24. The molecule has 0 amide bonds. The Kier molecular flexibility index (Phi) is 4.87. The number of rotatable bonds is 6. The Labute approximate surface area is 112 Å². The van der Waals surface area contributed by atoms with Gasteiger partial charge in [-0.2, -0.15) is 0 Å². The normalized spacial score (nSPS) is 14.3. The molecular weight excluding hydrogens is 244 g/mol. The summed E-state index contributed by atoms with van der Waals surface area (Å²) in [5.74, 6) is 0. The maximum atomic E-state index is 9.46. The van der Waals surface area contributed by atoms with Crippen molar-refractivity contribution in [3.63, 3.8) is 0 Å². The van der Waals surface area contributed by atoms with E-state index in [-0.39, 0.29) is 18.7 Å². The third-order valence-electron chi connectivity index (χ3n) is 2.91. The zero-order chi connectivity index (χ0) is 12.8. The molecule has 0 aliphatic heterocycles. The predicted octanol–water partition coefficient (Wildman–Crippen LogP) is 2.40. The summed E-state index contributed by atoms with van der Waals surface area (Å²) in [5.41, 5.74) is 3.07. The van der Waals surface area contributed by atoms with Crippen molar-refractivity contribution in [2.45, 2.75) is 25.4 Å². The Bertz CT molecular complexity index is 444. The molecule has 1 heterocycles. The molecule has 0 spiro atoms. The van der Waals surface area contributed by atoms with Crippen molar-refractivity contribution >= 4 is 11.3 Å². The Morgan fingerprint density at radius 2 is 2.11 bits per heavy atom. The number of hydrogen-bond donors (Lipinski definition) is 2. The third kappa shape index (κ3) is 3.63. The lowest BCUT2D eigenvalue weighted by atomic mass is 10.1. The standard InChI is InChI=1S/C14H18N2OS/c1-11(14-8-15-10-18-14)16-13(9-17)7-12-5-3-2-4-6-12/h2-6,8,10-11,13,16-17H,7,9H2,1H3/t11?,13-/m0/s1. The molecule has 0 saturated heterocycles. The SMILES string of the molecule is CC(N[C@H](CO)Cc1ccccc1)c1cncs1. The van der Waals surface area contributed by atoms with Gasteiger partial charge >= 0.3 is 0 Å². The Balaban J connectivity index is 1.93. The van der Waals surface area contributed by atoms with E-state index >= 15 is 0 Å². The first-order chi connectivity index (χ1) is 8.79. The largest absolute Gasteiger partial charge is 0.395 e. The summed E-state index contributed by atoms with van der Waals surface area (Å²) in [7, 11) is 0. The number of aliphatic hydroxyl groups excluding tert-OH is 1. The molecule has 0 fully saturated rings. The predicted molar refractivity (Wildman–Crippen MR) is 74.7 cm³/mol. The van der Waals surface area contributed by atoms with Gasteiger partial charge in [-0.05, 0) is 18.9 Å². The zero-order valence-corrected chi connectivity index (χ0v) is 11.2. The van der Waals surface area contributed by atoms with Crippen molar-refractivity contribution < 1.29 is 5.11 Å². The van der Waals surface area contributed by atoms with E-state index in [1.165, 1.54) is 10.4 Å². The van der Waals surface area contributed by atoms with Crippen molar-refractivity contribution in [3.05, 3.63) is 52.5 Å². The van der Waals surface area contributed by atoms with Crippen LogP contribution in [0.3, 0.4) is 0 Å². The van der Waals surface area contributed by atoms with Crippen LogP contribution in [0.1, 0.15) is 23.4 Å². The third-order valence-corrected chi connectivity index (χ3v) is 3.87. The average Bonchev–Trinajstić information content (AvgIpc) is 2.93. The van der Waals surface area contributed by atoms with Crippen LogP contribution in [0.25, 0.3) is 0 Å². The lowest BCUT2D eigenvalue weighted by Gasteiger charge is -2.20. The van der Waals surface area contributed by atoms with Crippen molar-refractivity contribution in [1.82, 2.24) is 10.3 Å². The van der Waals surface area contributed by atoms with E-state index in [1.807, 2.05) is 29.9 Å². The van der Waals surface area contributed by atoms with E-state index in [0.29, 0.717) is 0 Å². The highest BCUT2D eigenvalue weighted by molar-refractivity contribution is 7.09. The molecule has 1 aromatic heterocycles. The van der Waals surface area contributed by atoms with E-state index in [4.69, 9.17) is 0 Å². The van der Waals surface area contributed by atoms with Gasteiger partial charge < -0.3 is 10.4 Å². The number of aliphatic hydroxyl groups is 1. The molecule has 4 heteroatoms. The van der Waals surface area contributed by atoms with Gasteiger partial charge in [-0.15, -0.1) is 11.3 Å². The highest BCUT2D eigenvalue weighted by Crippen LogP contribution is 2.17. The lowest BCUT2D eigenvalue weighted by Crippen LogP contribution is -2.36. The van der Waals surface area contributed by atoms with Gasteiger partial charge in [-0.25, -0.2) is 0 Å². The first-order valence-electron chi connectivity index (χ1n) is 6.09. The summed E-state index contributed by atoms with van der Waals surface area (Å²) >= 11 is 1.63. The fourth-order valence-electron chi connectivity index (χ4n) is 1.95. The van der Waals surface area contributed by atoms with Crippen LogP contribution in [0.15, 0.2) is 42.0 Å². The van der Waals surface area contributed by atoms with Crippen molar-refractivity contribution in [2.24, 2.45) is 0 Å². The van der Waals surface area contributed by atoms with E-state index in [9.17, 15) is 5.11 Å². The second-order valence-electron chi connectivity index (χ2n) is 4.36. The van der Waals surface area contributed by atoms with Gasteiger partial charge in [0.15, 0.2) is 0 Å². The number of aromatic nitrogens is 1. The van der Waals surface area contributed by atoms with Gasteiger partial charge in [0.2, 0.25) is 0 Å². The molecule has 2 atom stereocenters. The van der Waals surface area contributed by atoms with E-state index in [1.54, 1.807) is 11.3 Å². The molecule has 0 bridgehead atoms. The van der Waals surface area contributed by atoms with Crippen LogP contribution in [-0.2, 0) is 6.42 Å². The molecule has 1 unspecified atom stereocenters. The van der Waals surface area contributed by atoms with E-state index in [2.05, 4.69) is 29.4 Å². The van der Waals surface area contributed by atoms with Crippen LogP contribution in [0.2, 0.25) is 0 Å². The zero-order valence-electron chi connectivity index (χ0n) is 10.4. The first kappa shape index (κ1) is 13.2. The molecule has 0 aliphatic carbocycles. The topological polar surface area (TPSA) is 45.1 Å². The summed E-state index contributed by atoms with van der Waals surface area (Å²) in [6, 6.07) is 10.5. The Hall–Kier alpha value is -1.23. The summed E-state index contributed by atoms with van der Waals surface area (Å²) < 4.78 is 0. The van der Waals surface area contributed by atoms with Crippen LogP contribution in [0.4, 0.5) is 0 Å². The number of benzene rings is 1. The molecule has 18 heavy (non-hydrogen) atoms. The fourth-order valence-corrected chi connectivity index (χ4v) is 2.59. The molecule has 2 aromatic rings. The smallest absolute Gasteiger partial charge is 0.0794 e. The van der Waals surface area contributed by atoms with Crippen molar-refractivity contribution in [1.29, 1.82) is 0 Å². The maximum absolute atomic E-state index is 9.46. The van der Waals surface area contributed by atoms with Crippen LogP contribution in [0, 0.1) is 0 Å². The molecule has 2 N–H and O–H groups in total. The lowest BCUT2D eigenvalue weighted by molar-refractivity contribution is 0.233. The van der Waals surface area contributed by atoms with Crippen LogP contribution in [0.5, 0.6) is 0 Å². The Morgan fingerprint density at radius 3 is 2.72 bits per heavy atom. The molecule has 1 aromatic carbocycles. The van der Waals surface area contributed by atoms with Crippen molar-refractivity contribution in [3.8, 4) is 0 Å². The highest BCUT2D eigenvalue weighted by Gasteiger charge is 2.14. The van der Waals surface area contributed by atoms with E-state index in [0.717, 1.165) is 6.42 Å². The maximum Gasteiger partial charge on any atom is 0.0794 e. The van der Waals surface area contributed by atoms with E-state index < -0.39 is 0 Å². The molecule has 0 saturated carbocycles. The number of nitrogens with one attached hydrogen (secondary N) is 1. The van der Waals surface area contributed by atoms with Gasteiger partial charge in [-0.3, -0.25) is 4.98 Å². The van der Waals surface area contributed by atoms with Gasteiger partial charge in [0, 0.05) is 23.2 Å². The first-order valence-corrected chi connectivity index (χ1v) is 6.96. The molecular formula is C14H18N2OS. The minimum absolute atomic E-state index is 0.0736. The minimum Gasteiger partial charge on any atom is -0.395 e. The fraction of sp³-hybridized carbons (Fsp3) is 0.357. The highest BCUT2D eigenvalue weighted by atomic mass is 32.1. The summed E-state index contributed by atoms with van der Waals surface area (Å²) in [4.78, 5) is 5.27. The second kappa shape index (κ2) is 6.64. The van der Waals surface area contributed by atoms with Crippen molar-refractivity contribution in [2.75, 3.05) is 6.61 Å². The number of nitrogens with zero attached hydrogens (tertiary/aromatic N) is 1. The van der Waals surface area contributed by atoms with Crippen LogP contribution >= 0.6 is 11.3 Å². The second-order valence-corrected chi connectivity index (χ2v) is 5.28. The molecule has 0 aliphatic rings. The van der Waals surface area contributed by atoms with Gasteiger partial charge in [0.25, 0.3) is 0 Å². The monoisotopic (exact) mass is 262 g/mol. The summed E-state index contributed by atoms with van der Waals surface area (Å²) in [6.07, 6.45) is 2.71. The van der Waals surface area contributed by atoms with Gasteiger partial charge in [0.05, 0.1) is 12.1 Å². The molecule has 3 nitrogen and oxygen atoms in total. The minimum atomic E-state index is 0.0736. The molecule has 0 radical (unpaired) electrons.